The molecule has 4 rings (SSSR count). The Morgan fingerprint density at radius 1 is 1.00 bits per heavy atom. The maximum Gasteiger partial charge on any atom is 0.325 e. The molecule has 0 saturated carbocycles. The Bertz CT molecular complexity index is 1540. The zero-order chi connectivity index (χ0) is 24.3. The average molecular weight is 496 g/mol. The first kappa shape index (κ1) is 23.6. The summed E-state index contributed by atoms with van der Waals surface area (Å²) in [7, 11) is -2.65. The zero-order valence-electron chi connectivity index (χ0n) is 18.2. The van der Waals surface area contributed by atoms with Crippen LogP contribution < -0.4 is 9.94 Å². The van der Waals surface area contributed by atoms with Crippen LogP contribution in [0.2, 0.25) is 0 Å². The number of aromatic nitrogens is 1. The summed E-state index contributed by atoms with van der Waals surface area (Å²) in [4.78, 5) is 29.2. The number of benzene rings is 3. The highest BCUT2D eigenvalue weighted by Crippen LogP contribution is 2.21. The molecule has 1 amide bonds. The summed E-state index contributed by atoms with van der Waals surface area (Å²) in [5, 5.41) is 5.23. The van der Waals surface area contributed by atoms with Crippen LogP contribution in [0.15, 0.2) is 82.7 Å². The highest BCUT2D eigenvalue weighted by Gasteiger charge is 2.15. The molecule has 3 aromatic carbocycles. The molecular formula is C24H21N3O5S2. The highest BCUT2D eigenvalue weighted by atomic mass is 32.2. The lowest BCUT2D eigenvalue weighted by Gasteiger charge is -2.05. The number of hydrogen-bond donors (Lipinski definition) is 1. The molecule has 8 nitrogen and oxygen atoms in total. The minimum Gasteiger partial charge on any atom is -0.468 e. The maximum absolute atomic E-state index is 12.9. The highest BCUT2D eigenvalue weighted by molar-refractivity contribution is 7.89. The second kappa shape index (κ2) is 9.72. The number of methoxy groups -OCH3 is 1. The summed E-state index contributed by atoms with van der Waals surface area (Å²) in [6.45, 7) is -0.187. The van der Waals surface area contributed by atoms with Gasteiger partial charge in [0.2, 0.25) is 10.0 Å². The number of carbonyl (C=O) groups excluding carboxylic acids is 2. The van der Waals surface area contributed by atoms with Crippen LogP contribution in [0.1, 0.15) is 21.5 Å². The van der Waals surface area contributed by atoms with Crippen molar-refractivity contribution in [3.8, 4) is 0 Å². The molecule has 0 aliphatic heterocycles. The van der Waals surface area contributed by atoms with Gasteiger partial charge in [0, 0.05) is 5.56 Å². The van der Waals surface area contributed by atoms with Crippen LogP contribution in [0, 0.1) is 0 Å². The predicted molar refractivity (Wildman–Crippen MR) is 129 cm³/mol. The Morgan fingerprint density at radius 2 is 1.68 bits per heavy atom. The van der Waals surface area contributed by atoms with E-state index in [0.717, 1.165) is 23.3 Å². The summed E-state index contributed by atoms with van der Waals surface area (Å²) in [5.74, 6) is -1.02. The van der Waals surface area contributed by atoms with Crippen LogP contribution in [0.25, 0.3) is 10.2 Å². The molecule has 0 radical (unpaired) electrons. The second-order valence-corrected chi connectivity index (χ2v) is 10.1. The van der Waals surface area contributed by atoms with E-state index >= 15 is 0 Å². The molecule has 0 unspecified atom stereocenters. The Morgan fingerprint density at radius 3 is 2.32 bits per heavy atom. The normalized spacial score (nSPS) is 12.1. The summed E-state index contributed by atoms with van der Waals surface area (Å²) in [6.07, 6.45) is 0.744. The molecule has 0 aliphatic rings. The van der Waals surface area contributed by atoms with Crippen LogP contribution in [-0.2, 0) is 32.5 Å². The van der Waals surface area contributed by atoms with E-state index in [-0.39, 0.29) is 16.2 Å². The minimum atomic E-state index is -3.91. The van der Waals surface area contributed by atoms with Gasteiger partial charge in [0.25, 0.3) is 5.91 Å². The molecule has 1 aromatic heterocycles. The molecule has 0 fully saturated rings. The van der Waals surface area contributed by atoms with Gasteiger partial charge in [0.05, 0.1) is 22.2 Å². The number of carbonyl (C=O) groups is 2. The van der Waals surface area contributed by atoms with Gasteiger partial charge in [-0.3, -0.25) is 9.59 Å². The van der Waals surface area contributed by atoms with Gasteiger partial charge in [-0.1, -0.05) is 53.8 Å². The van der Waals surface area contributed by atoms with Crippen molar-refractivity contribution in [3.63, 3.8) is 0 Å². The van der Waals surface area contributed by atoms with Gasteiger partial charge in [-0.25, -0.2) is 13.6 Å². The smallest absolute Gasteiger partial charge is 0.325 e. The summed E-state index contributed by atoms with van der Waals surface area (Å²) in [6, 6.07) is 21.4. The molecule has 1 heterocycles. The lowest BCUT2D eigenvalue weighted by molar-refractivity contribution is -0.141. The fourth-order valence-corrected chi connectivity index (χ4v) is 5.09. The van der Waals surface area contributed by atoms with E-state index in [1.165, 1.54) is 35.4 Å². The minimum absolute atomic E-state index is 0.0710. The van der Waals surface area contributed by atoms with Crippen LogP contribution in [0.4, 0.5) is 0 Å². The van der Waals surface area contributed by atoms with Crippen LogP contribution in [0.5, 0.6) is 0 Å². The molecule has 0 saturated heterocycles. The topological polar surface area (TPSA) is 121 Å². The standard InChI is InChI=1S/C24H21N3O5S2/c1-32-22(28)15-27-20-12-11-19(34(25,30)31)14-21(20)33-24(27)26-23(29)18-9-7-17(8-10-18)13-16-5-3-2-4-6-16/h2-12,14H,13,15H2,1H3,(H2,25,30,31). The van der Waals surface area contributed by atoms with Gasteiger partial charge >= 0.3 is 5.97 Å². The molecule has 2 N–H and O–H groups in total. The number of fused-ring (bicyclic) bond motifs is 1. The second-order valence-electron chi connectivity index (χ2n) is 7.50. The van der Waals surface area contributed by atoms with E-state index < -0.39 is 21.9 Å². The third-order valence-corrected chi connectivity index (χ3v) is 7.10. The van der Waals surface area contributed by atoms with Gasteiger partial charge in [-0.05, 0) is 47.9 Å². The SMILES string of the molecule is COC(=O)Cn1c(=NC(=O)c2ccc(Cc3ccccc3)cc2)sc2cc(S(N)(=O)=O)ccc21. The lowest BCUT2D eigenvalue weighted by atomic mass is 10.0. The molecule has 0 aliphatic carbocycles. The molecule has 174 valence electrons. The molecular weight excluding hydrogens is 474 g/mol. The predicted octanol–water partition coefficient (Wildman–Crippen LogP) is 2.86. The Kier molecular flexibility index (Phi) is 6.73. The van der Waals surface area contributed by atoms with E-state index in [4.69, 9.17) is 9.88 Å². The van der Waals surface area contributed by atoms with E-state index in [1.54, 1.807) is 12.1 Å². The number of hydrogen-bond acceptors (Lipinski definition) is 6. The third kappa shape index (κ3) is 5.30. The van der Waals surface area contributed by atoms with Crippen molar-refractivity contribution in [2.24, 2.45) is 10.1 Å². The number of nitrogens with two attached hydrogens (primary N) is 1. The van der Waals surface area contributed by atoms with Gasteiger partial charge in [0.1, 0.15) is 6.54 Å². The van der Waals surface area contributed by atoms with E-state index in [2.05, 4.69) is 4.99 Å². The Balaban J connectivity index is 1.70. The number of esters is 1. The van der Waals surface area contributed by atoms with E-state index in [9.17, 15) is 18.0 Å². The fraction of sp³-hybridized carbons (Fsp3) is 0.125. The monoisotopic (exact) mass is 495 g/mol. The summed E-state index contributed by atoms with van der Waals surface area (Å²) in [5.41, 5.74) is 3.15. The first-order chi connectivity index (χ1) is 16.2. The molecule has 34 heavy (non-hydrogen) atoms. The van der Waals surface area contributed by atoms with Crippen molar-refractivity contribution in [2.75, 3.05) is 7.11 Å². The summed E-state index contributed by atoms with van der Waals surface area (Å²) >= 11 is 1.08. The number of nitrogens with zero attached hydrogens (tertiary/aromatic N) is 2. The van der Waals surface area contributed by atoms with Gasteiger partial charge in [0.15, 0.2) is 4.80 Å². The average Bonchev–Trinajstić information content (AvgIpc) is 3.15. The zero-order valence-corrected chi connectivity index (χ0v) is 19.8. The van der Waals surface area contributed by atoms with Crippen molar-refractivity contribution >= 4 is 43.5 Å². The quantitative estimate of drug-likeness (QED) is 0.412. The largest absolute Gasteiger partial charge is 0.468 e. The number of primary sulfonamides is 1. The number of amides is 1. The first-order valence-corrected chi connectivity index (χ1v) is 12.6. The van der Waals surface area contributed by atoms with Crippen molar-refractivity contribution in [1.82, 2.24) is 4.57 Å². The van der Waals surface area contributed by atoms with Gasteiger partial charge in [-0.15, -0.1) is 0 Å². The number of thiazole rings is 1. The van der Waals surface area contributed by atoms with Gasteiger partial charge < -0.3 is 9.30 Å². The Labute approximate surface area is 200 Å². The lowest BCUT2D eigenvalue weighted by Crippen LogP contribution is -2.22. The molecule has 0 bridgehead atoms. The number of rotatable bonds is 6. The molecule has 0 atom stereocenters. The molecule has 10 heteroatoms. The van der Waals surface area contributed by atoms with Crippen LogP contribution >= 0.6 is 11.3 Å². The van der Waals surface area contributed by atoms with Crippen molar-refractivity contribution < 1.29 is 22.7 Å². The summed E-state index contributed by atoms with van der Waals surface area (Å²) < 4.78 is 30.2. The Hall–Kier alpha value is -3.60. The number of sulfonamides is 1. The van der Waals surface area contributed by atoms with E-state index in [0.29, 0.717) is 15.8 Å². The first-order valence-electron chi connectivity index (χ1n) is 10.2. The number of ether oxygens (including phenoxy) is 1. The molecule has 4 aromatic rings. The van der Waals surface area contributed by atoms with Gasteiger partial charge in [-0.2, -0.15) is 4.99 Å². The van der Waals surface area contributed by atoms with E-state index in [1.807, 2.05) is 42.5 Å². The van der Waals surface area contributed by atoms with Crippen molar-refractivity contribution in [1.29, 1.82) is 0 Å². The van der Waals surface area contributed by atoms with Crippen LogP contribution in [-0.4, -0.2) is 32.0 Å². The fourth-order valence-electron chi connectivity index (χ4n) is 3.41. The molecule has 0 spiro atoms. The van der Waals surface area contributed by atoms with Crippen LogP contribution in [0.3, 0.4) is 0 Å². The van der Waals surface area contributed by atoms with Crippen molar-refractivity contribution in [3.05, 3.63) is 94.3 Å². The van der Waals surface area contributed by atoms with Crippen molar-refractivity contribution in [2.45, 2.75) is 17.9 Å². The third-order valence-electron chi connectivity index (χ3n) is 5.15. The maximum atomic E-state index is 12.9.